The minimum Gasteiger partial charge on any atom is -0.497 e. The van der Waals surface area contributed by atoms with E-state index in [9.17, 15) is 0 Å². The number of rotatable bonds is 2. The molecule has 0 unspecified atom stereocenters. The van der Waals surface area contributed by atoms with Gasteiger partial charge in [0.15, 0.2) is 0 Å². The van der Waals surface area contributed by atoms with Gasteiger partial charge in [0, 0.05) is 24.4 Å². The number of imidazole rings is 1. The molecule has 0 saturated carbocycles. The molecule has 3 rings (SSSR count). The van der Waals surface area contributed by atoms with Crippen LogP contribution in [0.5, 0.6) is 5.75 Å². The van der Waals surface area contributed by atoms with Gasteiger partial charge in [-0.05, 0) is 39.0 Å². The molecular formula is C14H19N3O. The highest BCUT2D eigenvalue weighted by Crippen LogP contribution is 2.27. The van der Waals surface area contributed by atoms with Gasteiger partial charge in [-0.25, -0.2) is 4.98 Å². The van der Waals surface area contributed by atoms with Crippen molar-refractivity contribution in [3.05, 3.63) is 30.2 Å². The lowest BCUT2D eigenvalue weighted by Gasteiger charge is -2.27. The molecule has 4 nitrogen and oxygen atoms in total. The zero-order valence-corrected chi connectivity index (χ0v) is 11.0. The Balaban J connectivity index is 1.88. The number of hydrogen-bond donors (Lipinski definition) is 0. The summed E-state index contributed by atoms with van der Waals surface area (Å²) in [6.45, 7) is 2.34. The summed E-state index contributed by atoms with van der Waals surface area (Å²) >= 11 is 0. The molecule has 0 N–H and O–H groups in total. The number of piperidine rings is 1. The average molecular weight is 245 g/mol. The van der Waals surface area contributed by atoms with Crippen LogP contribution >= 0.6 is 0 Å². The van der Waals surface area contributed by atoms with Crippen LogP contribution in [0.3, 0.4) is 0 Å². The van der Waals surface area contributed by atoms with Gasteiger partial charge >= 0.3 is 0 Å². The highest BCUT2D eigenvalue weighted by molar-refractivity contribution is 5.46. The molecule has 1 aliphatic heterocycles. The van der Waals surface area contributed by atoms with Gasteiger partial charge in [-0.3, -0.25) is 0 Å². The van der Waals surface area contributed by atoms with Crippen LogP contribution in [0, 0.1) is 0 Å². The molecule has 2 aromatic rings. The van der Waals surface area contributed by atoms with Crippen molar-refractivity contribution >= 4 is 5.65 Å². The summed E-state index contributed by atoms with van der Waals surface area (Å²) in [4.78, 5) is 7.12. The maximum Gasteiger partial charge on any atom is 0.140 e. The Kier molecular flexibility index (Phi) is 2.96. The predicted molar refractivity (Wildman–Crippen MR) is 71.2 cm³/mol. The topological polar surface area (TPSA) is 29.8 Å². The largest absolute Gasteiger partial charge is 0.497 e. The van der Waals surface area contributed by atoms with E-state index in [1.54, 1.807) is 7.11 Å². The second-order valence-corrected chi connectivity index (χ2v) is 5.08. The molecule has 2 aromatic heterocycles. The van der Waals surface area contributed by atoms with Crippen molar-refractivity contribution in [1.29, 1.82) is 0 Å². The summed E-state index contributed by atoms with van der Waals surface area (Å²) in [6, 6.07) is 3.95. The van der Waals surface area contributed by atoms with E-state index in [-0.39, 0.29) is 0 Å². The first-order valence-electron chi connectivity index (χ1n) is 6.47. The van der Waals surface area contributed by atoms with Crippen molar-refractivity contribution < 1.29 is 4.74 Å². The molecule has 3 heterocycles. The molecular weight excluding hydrogens is 226 g/mol. The van der Waals surface area contributed by atoms with E-state index in [4.69, 9.17) is 9.72 Å². The minimum atomic E-state index is 0.604. The highest BCUT2D eigenvalue weighted by Gasteiger charge is 2.20. The van der Waals surface area contributed by atoms with E-state index in [0.29, 0.717) is 5.92 Å². The fourth-order valence-corrected chi connectivity index (χ4v) is 2.61. The van der Waals surface area contributed by atoms with Gasteiger partial charge in [0.05, 0.1) is 12.8 Å². The SMILES string of the molecule is COc1ccn2cc(C3CCN(C)CC3)nc2c1. The van der Waals surface area contributed by atoms with Crippen molar-refractivity contribution in [1.82, 2.24) is 14.3 Å². The van der Waals surface area contributed by atoms with Gasteiger partial charge in [0.2, 0.25) is 0 Å². The summed E-state index contributed by atoms with van der Waals surface area (Å²) in [5, 5.41) is 0. The van der Waals surface area contributed by atoms with E-state index in [0.717, 1.165) is 11.4 Å². The van der Waals surface area contributed by atoms with Gasteiger partial charge < -0.3 is 14.0 Å². The molecule has 96 valence electrons. The first-order chi connectivity index (χ1) is 8.76. The predicted octanol–water partition coefficient (Wildman–Crippen LogP) is 2.15. The Labute approximate surface area is 107 Å². The van der Waals surface area contributed by atoms with Crippen molar-refractivity contribution in [2.45, 2.75) is 18.8 Å². The maximum absolute atomic E-state index is 5.23. The zero-order valence-electron chi connectivity index (χ0n) is 11.0. The standard InChI is InChI=1S/C14H19N3O/c1-16-6-3-11(4-7-16)13-10-17-8-5-12(18-2)9-14(17)15-13/h5,8-11H,3-4,6-7H2,1-2H3. The molecule has 0 bridgehead atoms. The quantitative estimate of drug-likeness (QED) is 0.812. The van der Waals surface area contributed by atoms with Crippen molar-refractivity contribution in [3.63, 3.8) is 0 Å². The summed E-state index contributed by atoms with van der Waals surface area (Å²) in [5.74, 6) is 1.47. The molecule has 1 fully saturated rings. The van der Waals surface area contributed by atoms with Gasteiger partial charge in [0.1, 0.15) is 11.4 Å². The molecule has 1 aliphatic rings. The van der Waals surface area contributed by atoms with Crippen molar-refractivity contribution in [2.75, 3.05) is 27.2 Å². The third kappa shape index (κ3) is 2.08. The number of nitrogens with zero attached hydrogens (tertiary/aromatic N) is 3. The van der Waals surface area contributed by atoms with Crippen LogP contribution < -0.4 is 4.74 Å². The molecule has 0 atom stereocenters. The molecule has 0 amide bonds. The second kappa shape index (κ2) is 4.61. The Bertz CT molecular complexity index is 541. The van der Waals surface area contributed by atoms with Crippen LogP contribution in [-0.4, -0.2) is 41.5 Å². The number of likely N-dealkylation sites (tertiary alicyclic amines) is 1. The van der Waals surface area contributed by atoms with Crippen LogP contribution in [0.15, 0.2) is 24.5 Å². The van der Waals surface area contributed by atoms with E-state index >= 15 is 0 Å². The summed E-state index contributed by atoms with van der Waals surface area (Å²) in [5.41, 5.74) is 2.19. The summed E-state index contributed by atoms with van der Waals surface area (Å²) in [6.07, 6.45) is 6.58. The van der Waals surface area contributed by atoms with Crippen LogP contribution in [0.1, 0.15) is 24.5 Å². The van der Waals surface area contributed by atoms with Crippen LogP contribution in [-0.2, 0) is 0 Å². The highest BCUT2D eigenvalue weighted by atomic mass is 16.5. The van der Waals surface area contributed by atoms with Crippen molar-refractivity contribution in [3.8, 4) is 5.75 Å². The van der Waals surface area contributed by atoms with E-state index in [1.165, 1.54) is 31.6 Å². The number of ether oxygens (including phenoxy) is 1. The average Bonchev–Trinajstić information content (AvgIpc) is 2.82. The first kappa shape index (κ1) is 11.5. The second-order valence-electron chi connectivity index (χ2n) is 5.08. The molecule has 0 radical (unpaired) electrons. The smallest absolute Gasteiger partial charge is 0.140 e. The fourth-order valence-electron chi connectivity index (χ4n) is 2.61. The normalized spacial score (nSPS) is 18.3. The number of pyridine rings is 1. The van der Waals surface area contributed by atoms with Gasteiger partial charge in [0.25, 0.3) is 0 Å². The van der Waals surface area contributed by atoms with Gasteiger partial charge in [-0.15, -0.1) is 0 Å². The van der Waals surface area contributed by atoms with Gasteiger partial charge in [-0.2, -0.15) is 0 Å². The monoisotopic (exact) mass is 245 g/mol. The van der Waals surface area contributed by atoms with Crippen LogP contribution in [0.2, 0.25) is 0 Å². The summed E-state index contributed by atoms with van der Waals surface area (Å²) in [7, 11) is 3.87. The van der Waals surface area contributed by atoms with E-state index in [1.807, 2.05) is 18.3 Å². The lowest BCUT2D eigenvalue weighted by molar-refractivity contribution is 0.253. The zero-order chi connectivity index (χ0) is 12.5. The number of fused-ring (bicyclic) bond motifs is 1. The van der Waals surface area contributed by atoms with Crippen LogP contribution in [0.4, 0.5) is 0 Å². The Morgan fingerprint density at radius 2 is 2.11 bits per heavy atom. The summed E-state index contributed by atoms with van der Waals surface area (Å²) < 4.78 is 7.31. The molecule has 1 saturated heterocycles. The molecule has 0 spiro atoms. The number of aromatic nitrogens is 2. The maximum atomic E-state index is 5.23. The van der Waals surface area contributed by atoms with E-state index < -0.39 is 0 Å². The molecule has 18 heavy (non-hydrogen) atoms. The third-order valence-corrected chi connectivity index (χ3v) is 3.82. The first-order valence-corrected chi connectivity index (χ1v) is 6.47. The molecule has 0 aromatic carbocycles. The Hall–Kier alpha value is -1.55. The lowest BCUT2D eigenvalue weighted by Crippen LogP contribution is -2.29. The third-order valence-electron chi connectivity index (χ3n) is 3.82. The minimum absolute atomic E-state index is 0.604. The van der Waals surface area contributed by atoms with E-state index in [2.05, 4.69) is 22.5 Å². The number of methoxy groups -OCH3 is 1. The van der Waals surface area contributed by atoms with Crippen molar-refractivity contribution in [2.24, 2.45) is 0 Å². The lowest BCUT2D eigenvalue weighted by atomic mass is 9.94. The number of hydrogen-bond acceptors (Lipinski definition) is 3. The Morgan fingerprint density at radius 1 is 1.33 bits per heavy atom. The van der Waals surface area contributed by atoms with Crippen LogP contribution in [0.25, 0.3) is 5.65 Å². The molecule has 4 heteroatoms. The van der Waals surface area contributed by atoms with Gasteiger partial charge in [-0.1, -0.05) is 0 Å². The Morgan fingerprint density at radius 3 is 2.83 bits per heavy atom. The fraction of sp³-hybridized carbons (Fsp3) is 0.500. The molecule has 0 aliphatic carbocycles.